The molecule has 0 N–H and O–H groups in total. The number of fused-ring (bicyclic) bond motifs is 1. The number of hydrogen-bond donors (Lipinski definition) is 0. The molecule has 0 radical (unpaired) electrons. The predicted octanol–water partition coefficient (Wildman–Crippen LogP) is 4.35. The molecule has 1 aliphatic heterocycles. The normalized spacial score (nSPS) is 18.2. The van der Waals surface area contributed by atoms with Gasteiger partial charge in [0.2, 0.25) is 0 Å². The molecule has 2 aromatic rings. The smallest absolute Gasteiger partial charge is 0.268 e. The quantitative estimate of drug-likeness (QED) is 0.758. The number of anilines is 1. The van der Waals surface area contributed by atoms with Gasteiger partial charge in [-0.15, -0.1) is 11.3 Å². The average molecular weight is 336 g/mol. The maximum absolute atomic E-state index is 12.6. The SMILES string of the molecule is CC1Cc2ccccc2N(C(=O)c2ccc(Br)s2)C1. The van der Waals surface area contributed by atoms with Crippen LogP contribution in [0.1, 0.15) is 22.2 Å². The van der Waals surface area contributed by atoms with Crippen LogP contribution in [0.5, 0.6) is 0 Å². The van der Waals surface area contributed by atoms with E-state index in [0.717, 1.165) is 27.3 Å². The molecule has 98 valence electrons. The fourth-order valence-corrected chi connectivity index (χ4v) is 3.89. The number of nitrogens with zero attached hydrogens (tertiary/aromatic N) is 1. The van der Waals surface area contributed by atoms with Crippen LogP contribution in [0.15, 0.2) is 40.2 Å². The third kappa shape index (κ3) is 2.47. The van der Waals surface area contributed by atoms with Crippen molar-refractivity contribution in [1.82, 2.24) is 0 Å². The highest BCUT2D eigenvalue weighted by molar-refractivity contribution is 9.11. The van der Waals surface area contributed by atoms with Crippen molar-refractivity contribution in [3.8, 4) is 0 Å². The Kier molecular flexibility index (Phi) is 3.46. The van der Waals surface area contributed by atoms with Crippen LogP contribution in [0.3, 0.4) is 0 Å². The van der Waals surface area contributed by atoms with Crippen LogP contribution in [0, 0.1) is 5.92 Å². The highest BCUT2D eigenvalue weighted by Crippen LogP contribution is 2.32. The summed E-state index contributed by atoms with van der Waals surface area (Å²) in [6.45, 7) is 2.99. The molecular weight excluding hydrogens is 322 g/mol. The second kappa shape index (κ2) is 5.10. The number of carbonyl (C=O) groups excluding carboxylic acids is 1. The summed E-state index contributed by atoms with van der Waals surface area (Å²) in [6.07, 6.45) is 1.05. The first kappa shape index (κ1) is 12.9. The van der Waals surface area contributed by atoms with Crippen molar-refractivity contribution in [2.45, 2.75) is 13.3 Å². The predicted molar refractivity (Wildman–Crippen MR) is 83.0 cm³/mol. The zero-order chi connectivity index (χ0) is 13.4. The minimum atomic E-state index is 0.106. The number of amides is 1. The van der Waals surface area contributed by atoms with E-state index in [-0.39, 0.29) is 5.91 Å². The zero-order valence-electron chi connectivity index (χ0n) is 10.6. The van der Waals surface area contributed by atoms with E-state index in [1.54, 1.807) is 0 Å². The molecule has 0 saturated carbocycles. The summed E-state index contributed by atoms with van der Waals surface area (Å²) < 4.78 is 0.995. The van der Waals surface area contributed by atoms with Crippen LogP contribution in [0.25, 0.3) is 0 Å². The lowest BCUT2D eigenvalue weighted by atomic mass is 9.94. The van der Waals surface area contributed by atoms with E-state index < -0.39 is 0 Å². The van der Waals surface area contributed by atoms with Crippen molar-refractivity contribution in [3.05, 3.63) is 50.6 Å². The maximum atomic E-state index is 12.6. The first-order chi connectivity index (χ1) is 9.15. The number of hydrogen-bond acceptors (Lipinski definition) is 2. The second-order valence-corrected chi connectivity index (χ2v) is 7.42. The molecule has 1 unspecified atom stereocenters. The van der Waals surface area contributed by atoms with Crippen LogP contribution in [0.2, 0.25) is 0 Å². The molecule has 1 amide bonds. The van der Waals surface area contributed by atoms with E-state index in [1.165, 1.54) is 16.9 Å². The number of thiophene rings is 1. The number of benzene rings is 1. The van der Waals surface area contributed by atoms with Crippen LogP contribution in [-0.2, 0) is 6.42 Å². The third-order valence-corrected chi connectivity index (χ3v) is 4.99. The largest absolute Gasteiger partial charge is 0.307 e. The molecule has 0 aliphatic carbocycles. The van der Waals surface area contributed by atoms with Crippen molar-refractivity contribution in [2.75, 3.05) is 11.4 Å². The van der Waals surface area contributed by atoms with Gasteiger partial charge in [0.05, 0.1) is 8.66 Å². The van der Waals surface area contributed by atoms with Gasteiger partial charge in [-0.2, -0.15) is 0 Å². The van der Waals surface area contributed by atoms with Crippen LogP contribution in [-0.4, -0.2) is 12.5 Å². The van der Waals surface area contributed by atoms with E-state index in [4.69, 9.17) is 0 Å². The van der Waals surface area contributed by atoms with E-state index in [9.17, 15) is 4.79 Å². The highest BCUT2D eigenvalue weighted by atomic mass is 79.9. The lowest BCUT2D eigenvalue weighted by Gasteiger charge is -2.32. The molecule has 2 nitrogen and oxygen atoms in total. The summed E-state index contributed by atoms with van der Waals surface area (Å²) in [7, 11) is 0. The molecule has 1 aliphatic rings. The van der Waals surface area contributed by atoms with Crippen LogP contribution >= 0.6 is 27.3 Å². The van der Waals surface area contributed by atoms with Crippen molar-refractivity contribution in [1.29, 1.82) is 0 Å². The molecule has 0 spiro atoms. The minimum Gasteiger partial charge on any atom is -0.307 e. The van der Waals surface area contributed by atoms with E-state index >= 15 is 0 Å². The topological polar surface area (TPSA) is 20.3 Å². The van der Waals surface area contributed by atoms with Gasteiger partial charge in [-0.3, -0.25) is 4.79 Å². The minimum absolute atomic E-state index is 0.106. The van der Waals surface area contributed by atoms with Gasteiger partial charge < -0.3 is 4.90 Å². The fraction of sp³-hybridized carbons (Fsp3) is 0.267. The lowest BCUT2D eigenvalue weighted by molar-refractivity contribution is 0.0985. The van der Waals surface area contributed by atoms with Crippen molar-refractivity contribution in [2.24, 2.45) is 5.92 Å². The van der Waals surface area contributed by atoms with Crippen LogP contribution in [0.4, 0.5) is 5.69 Å². The molecule has 0 saturated heterocycles. The van der Waals surface area contributed by atoms with Gasteiger partial charge in [-0.05, 0) is 52.0 Å². The molecule has 3 rings (SSSR count). The Morgan fingerprint density at radius 3 is 2.84 bits per heavy atom. The van der Waals surface area contributed by atoms with Gasteiger partial charge in [-0.25, -0.2) is 0 Å². The molecular formula is C15H14BrNOS. The molecule has 0 bridgehead atoms. The van der Waals surface area contributed by atoms with Crippen LogP contribution < -0.4 is 4.90 Å². The Morgan fingerprint density at radius 2 is 2.11 bits per heavy atom. The molecule has 19 heavy (non-hydrogen) atoms. The number of halogens is 1. The maximum Gasteiger partial charge on any atom is 0.268 e. The Hall–Kier alpha value is -1.13. The second-order valence-electron chi connectivity index (χ2n) is 4.96. The summed E-state index contributed by atoms with van der Waals surface area (Å²) in [4.78, 5) is 15.3. The first-order valence-corrected chi connectivity index (χ1v) is 7.91. The molecule has 4 heteroatoms. The molecule has 1 atom stereocenters. The summed E-state index contributed by atoms with van der Waals surface area (Å²) in [6, 6.07) is 12.0. The van der Waals surface area contributed by atoms with Gasteiger partial charge in [0, 0.05) is 12.2 Å². The van der Waals surface area contributed by atoms with Gasteiger partial charge in [-0.1, -0.05) is 25.1 Å². The Bertz CT molecular complexity index is 622. The molecule has 2 heterocycles. The summed E-state index contributed by atoms with van der Waals surface area (Å²) in [5.41, 5.74) is 2.33. The number of para-hydroxylation sites is 1. The standard InChI is InChI=1S/C15H14BrNOS/c1-10-8-11-4-2-3-5-12(11)17(9-10)15(18)13-6-7-14(16)19-13/h2-7,10H,8-9H2,1H3. The molecule has 1 aromatic carbocycles. The number of rotatable bonds is 1. The Labute approximate surface area is 125 Å². The Balaban J connectivity index is 1.99. The van der Waals surface area contributed by atoms with E-state index in [2.05, 4.69) is 28.9 Å². The van der Waals surface area contributed by atoms with Gasteiger partial charge >= 0.3 is 0 Å². The zero-order valence-corrected chi connectivity index (χ0v) is 13.0. The Morgan fingerprint density at radius 1 is 1.32 bits per heavy atom. The average Bonchev–Trinajstić information content (AvgIpc) is 2.83. The first-order valence-electron chi connectivity index (χ1n) is 6.30. The monoisotopic (exact) mass is 335 g/mol. The van der Waals surface area contributed by atoms with Crippen molar-refractivity contribution >= 4 is 38.9 Å². The van der Waals surface area contributed by atoms with Crippen molar-refractivity contribution < 1.29 is 4.79 Å². The summed E-state index contributed by atoms with van der Waals surface area (Å²) >= 11 is 4.91. The lowest BCUT2D eigenvalue weighted by Crippen LogP contribution is -2.38. The van der Waals surface area contributed by atoms with Gasteiger partial charge in [0.15, 0.2) is 0 Å². The fourth-order valence-electron chi connectivity index (χ4n) is 2.55. The van der Waals surface area contributed by atoms with Crippen molar-refractivity contribution in [3.63, 3.8) is 0 Å². The van der Waals surface area contributed by atoms with E-state index in [1.807, 2.05) is 35.2 Å². The van der Waals surface area contributed by atoms with Gasteiger partial charge in [0.1, 0.15) is 0 Å². The summed E-state index contributed by atoms with van der Waals surface area (Å²) in [5, 5.41) is 0. The van der Waals surface area contributed by atoms with E-state index in [0.29, 0.717) is 5.92 Å². The van der Waals surface area contributed by atoms with Gasteiger partial charge in [0.25, 0.3) is 5.91 Å². The molecule has 1 aromatic heterocycles. The number of carbonyl (C=O) groups is 1. The highest BCUT2D eigenvalue weighted by Gasteiger charge is 2.27. The summed E-state index contributed by atoms with van der Waals surface area (Å²) in [5.74, 6) is 0.608. The molecule has 0 fully saturated rings. The third-order valence-electron chi connectivity index (χ3n) is 3.37.